The third-order valence-corrected chi connectivity index (χ3v) is 1.80. The second-order valence-electron chi connectivity index (χ2n) is 2.65. The first kappa shape index (κ1) is 9.92. The fourth-order valence-electron chi connectivity index (χ4n) is 0.996. The van der Waals surface area contributed by atoms with Crippen LogP contribution in [0.1, 0.15) is 25.6 Å². The molecule has 0 fully saturated rings. The van der Waals surface area contributed by atoms with Crippen molar-refractivity contribution in [2.24, 2.45) is 0 Å². The minimum atomic E-state index is -0.210. The summed E-state index contributed by atoms with van der Waals surface area (Å²) in [6.45, 7) is 3.25. The van der Waals surface area contributed by atoms with Gasteiger partial charge in [0.1, 0.15) is 0 Å². The molecule has 1 unspecified atom stereocenters. The van der Waals surface area contributed by atoms with Crippen LogP contribution in [0.5, 0.6) is 0 Å². The molecule has 1 amide bonds. The molecule has 0 bridgehead atoms. The van der Waals surface area contributed by atoms with Gasteiger partial charge in [-0.05, 0) is 6.92 Å². The van der Waals surface area contributed by atoms with Gasteiger partial charge >= 0.3 is 0 Å². The number of carbonyl (C=O) groups excluding carboxylic acids is 1. The molecule has 13 heavy (non-hydrogen) atoms. The highest BCUT2D eigenvalue weighted by Crippen LogP contribution is 2.16. The molecule has 0 saturated heterocycles. The quantitative estimate of drug-likeness (QED) is 0.782. The Kier molecular flexibility index (Phi) is 3.19. The molecule has 1 aromatic rings. The molecule has 0 aliphatic rings. The first-order valence-corrected chi connectivity index (χ1v) is 4.22. The second kappa shape index (κ2) is 4.18. The molecular weight excluding hydrogens is 190 g/mol. The van der Waals surface area contributed by atoms with Crippen LogP contribution in [0.15, 0.2) is 12.4 Å². The van der Waals surface area contributed by atoms with E-state index in [1.54, 1.807) is 13.1 Å². The highest BCUT2D eigenvalue weighted by molar-refractivity contribution is 6.30. The van der Waals surface area contributed by atoms with Gasteiger partial charge in [-0.2, -0.15) is 0 Å². The van der Waals surface area contributed by atoms with Gasteiger partial charge in [-0.1, -0.05) is 11.6 Å². The lowest BCUT2D eigenvalue weighted by Gasteiger charge is -2.11. The molecule has 4 nitrogen and oxygen atoms in total. The van der Waals surface area contributed by atoms with Gasteiger partial charge < -0.3 is 5.32 Å². The van der Waals surface area contributed by atoms with Crippen LogP contribution in [0.2, 0.25) is 5.15 Å². The van der Waals surface area contributed by atoms with Crippen molar-refractivity contribution in [1.29, 1.82) is 0 Å². The normalized spacial score (nSPS) is 12.2. The maximum atomic E-state index is 10.7. The van der Waals surface area contributed by atoms with Crippen molar-refractivity contribution in [2.45, 2.75) is 19.9 Å². The van der Waals surface area contributed by atoms with Crippen molar-refractivity contribution in [3.63, 3.8) is 0 Å². The molecule has 1 atom stereocenters. The lowest BCUT2D eigenvalue weighted by molar-refractivity contribution is -0.119. The number of rotatable bonds is 2. The number of nitrogens with one attached hydrogen (secondary N) is 1. The van der Waals surface area contributed by atoms with Crippen molar-refractivity contribution >= 4 is 17.5 Å². The third kappa shape index (κ3) is 2.66. The van der Waals surface area contributed by atoms with E-state index in [0.29, 0.717) is 10.8 Å². The van der Waals surface area contributed by atoms with Gasteiger partial charge in [0.15, 0.2) is 5.15 Å². The van der Waals surface area contributed by atoms with Crippen molar-refractivity contribution < 1.29 is 4.79 Å². The Labute approximate surface area is 81.3 Å². The number of amides is 1. The minimum absolute atomic E-state index is 0.116. The number of nitrogens with zero attached hydrogens (tertiary/aromatic N) is 2. The van der Waals surface area contributed by atoms with Crippen molar-refractivity contribution in [1.82, 2.24) is 15.3 Å². The molecule has 0 aromatic carbocycles. The van der Waals surface area contributed by atoms with Crippen molar-refractivity contribution in [3.8, 4) is 0 Å². The van der Waals surface area contributed by atoms with Crippen LogP contribution in [0.25, 0.3) is 0 Å². The summed E-state index contributed by atoms with van der Waals surface area (Å²) in [5, 5.41) is 3.00. The summed E-state index contributed by atoms with van der Waals surface area (Å²) in [6, 6.07) is -0.210. The number of halogens is 1. The van der Waals surface area contributed by atoms with E-state index in [9.17, 15) is 4.79 Å². The maximum Gasteiger partial charge on any atom is 0.217 e. The number of hydrogen-bond donors (Lipinski definition) is 1. The van der Waals surface area contributed by atoms with Crippen LogP contribution in [0.4, 0.5) is 0 Å². The molecule has 1 N–H and O–H groups in total. The topological polar surface area (TPSA) is 54.9 Å². The zero-order chi connectivity index (χ0) is 9.84. The van der Waals surface area contributed by atoms with E-state index in [4.69, 9.17) is 11.6 Å². The van der Waals surface area contributed by atoms with E-state index in [-0.39, 0.29) is 11.9 Å². The van der Waals surface area contributed by atoms with Crippen LogP contribution in [0.3, 0.4) is 0 Å². The predicted molar refractivity (Wildman–Crippen MR) is 49.3 cm³/mol. The zero-order valence-corrected chi connectivity index (χ0v) is 8.17. The largest absolute Gasteiger partial charge is 0.348 e. The summed E-state index contributed by atoms with van der Waals surface area (Å²) in [7, 11) is 0. The van der Waals surface area contributed by atoms with E-state index >= 15 is 0 Å². The van der Waals surface area contributed by atoms with Gasteiger partial charge in [0.25, 0.3) is 0 Å². The average Bonchev–Trinajstić information content (AvgIpc) is 2.03. The Hall–Kier alpha value is -1.16. The fourth-order valence-corrected chi connectivity index (χ4v) is 1.26. The van der Waals surface area contributed by atoms with Gasteiger partial charge in [0, 0.05) is 19.3 Å². The molecule has 0 aliphatic heterocycles. The Morgan fingerprint density at radius 2 is 2.15 bits per heavy atom. The van der Waals surface area contributed by atoms with Gasteiger partial charge in [0.05, 0.1) is 11.7 Å². The number of hydrogen-bond acceptors (Lipinski definition) is 3. The lowest BCUT2D eigenvalue weighted by Crippen LogP contribution is -2.24. The summed E-state index contributed by atoms with van der Waals surface area (Å²) in [5.74, 6) is -0.116. The average molecular weight is 200 g/mol. The van der Waals surface area contributed by atoms with E-state index < -0.39 is 0 Å². The van der Waals surface area contributed by atoms with Gasteiger partial charge in [0.2, 0.25) is 5.91 Å². The number of carbonyl (C=O) groups is 1. The standard InChI is InChI=1S/C8H10ClN3O/c1-5(12-6(2)13)7-8(9)11-4-3-10-7/h3-5H,1-2H3,(H,12,13). The third-order valence-electron chi connectivity index (χ3n) is 1.51. The highest BCUT2D eigenvalue weighted by atomic mass is 35.5. The molecule has 0 aliphatic carbocycles. The predicted octanol–water partition coefficient (Wildman–Crippen LogP) is 1.33. The molecular formula is C8H10ClN3O. The maximum absolute atomic E-state index is 10.7. The Morgan fingerprint density at radius 1 is 1.54 bits per heavy atom. The molecule has 1 heterocycles. The first-order valence-electron chi connectivity index (χ1n) is 3.84. The van der Waals surface area contributed by atoms with Gasteiger partial charge in [-0.3, -0.25) is 9.78 Å². The second-order valence-corrected chi connectivity index (χ2v) is 3.01. The fraction of sp³-hybridized carbons (Fsp3) is 0.375. The first-order chi connectivity index (χ1) is 6.11. The molecule has 0 saturated carbocycles. The van der Waals surface area contributed by atoms with E-state index in [0.717, 1.165) is 0 Å². The molecule has 0 spiro atoms. The zero-order valence-electron chi connectivity index (χ0n) is 7.41. The Morgan fingerprint density at radius 3 is 2.69 bits per heavy atom. The Bertz CT molecular complexity index is 316. The molecule has 70 valence electrons. The van der Waals surface area contributed by atoms with Gasteiger partial charge in [-0.25, -0.2) is 4.98 Å². The number of aromatic nitrogens is 2. The van der Waals surface area contributed by atoms with E-state index in [1.807, 2.05) is 0 Å². The summed E-state index contributed by atoms with van der Waals surface area (Å²) in [5.41, 5.74) is 0.583. The van der Waals surface area contributed by atoms with Crippen LogP contribution < -0.4 is 5.32 Å². The summed E-state index contributed by atoms with van der Waals surface area (Å²) in [6.07, 6.45) is 3.05. The monoisotopic (exact) mass is 199 g/mol. The van der Waals surface area contributed by atoms with Crippen LogP contribution in [-0.4, -0.2) is 15.9 Å². The molecule has 1 rings (SSSR count). The summed E-state index contributed by atoms with van der Waals surface area (Å²) < 4.78 is 0. The lowest BCUT2D eigenvalue weighted by atomic mass is 10.2. The van der Waals surface area contributed by atoms with Crippen molar-refractivity contribution in [2.75, 3.05) is 0 Å². The summed E-state index contributed by atoms with van der Waals surface area (Å²) in [4.78, 5) is 18.6. The minimum Gasteiger partial charge on any atom is -0.348 e. The Balaban J connectivity index is 2.82. The SMILES string of the molecule is CC(=O)NC(C)c1nccnc1Cl. The molecule has 0 radical (unpaired) electrons. The summed E-state index contributed by atoms with van der Waals surface area (Å²) >= 11 is 5.78. The van der Waals surface area contributed by atoms with Crippen LogP contribution >= 0.6 is 11.6 Å². The van der Waals surface area contributed by atoms with Crippen molar-refractivity contribution in [3.05, 3.63) is 23.2 Å². The van der Waals surface area contributed by atoms with Crippen LogP contribution in [0, 0.1) is 0 Å². The highest BCUT2D eigenvalue weighted by Gasteiger charge is 2.11. The molecule has 5 heteroatoms. The van der Waals surface area contributed by atoms with E-state index in [2.05, 4.69) is 15.3 Å². The molecule has 1 aromatic heterocycles. The van der Waals surface area contributed by atoms with Gasteiger partial charge in [-0.15, -0.1) is 0 Å². The van der Waals surface area contributed by atoms with E-state index in [1.165, 1.54) is 13.1 Å². The van der Waals surface area contributed by atoms with Crippen LogP contribution in [-0.2, 0) is 4.79 Å². The smallest absolute Gasteiger partial charge is 0.217 e.